The Hall–Kier alpha value is -1.91. The summed E-state index contributed by atoms with van der Waals surface area (Å²) in [6, 6.07) is 3.91. The monoisotopic (exact) mass is 222 g/mol. The van der Waals surface area contributed by atoms with E-state index in [-0.39, 0.29) is 24.1 Å². The van der Waals surface area contributed by atoms with E-state index in [2.05, 4.69) is 10.6 Å². The quantitative estimate of drug-likeness (QED) is 0.733. The lowest BCUT2D eigenvalue weighted by Gasteiger charge is -2.11. The molecule has 4 nitrogen and oxygen atoms in total. The Labute approximate surface area is 91.8 Å². The standard InChI is InChI=1S/C11H11FN2O2/c1-6-4-7(2-3-8(6)12)13-9-5-10(15)14-11(9)16/h2-4,9,13H,5H2,1H3,(H,14,15,16). The molecular formula is C11H11FN2O2. The first kappa shape index (κ1) is 10.6. The summed E-state index contributed by atoms with van der Waals surface area (Å²) < 4.78 is 13.0. The Kier molecular flexibility index (Phi) is 2.60. The van der Waals surface area contributed by atoms with Crippen LogP contribution >= 0.6 is 0 Å². The van der Waals surface area contributed by atoms with Gasteiger partial charge in [0.15, 0.2) is 0 Å². The third-order valence-corrected chi connectivity index (χ3v) is 2.47. The molecule has 0 saturated carbocycles. The van der Waals surface area contributed by atoms with Gasteiger partial charge in [0.25, 0.3) is 0 Å². The van der Waals surface area contributed by atoms with Crippen molar-refractivity contribution in [3.05, 3.63) is 29.6 Å². The molecule has 1 aliphatic rings. The number of aryl methyl sites for hydroxylation is 1. The molecule has 1 aromatic rings. The zero-order chi connectivity index (χ0) is 11.7. The second-order valence-corrected chi connectivity index (χ2v) is 3.78. The molecule has 0 aromatic heterocycles. The molecular weight excluding hydrogens is 211 g/mol. The van der Waals surface area contributed by atoms with E-state index in [9.17, 15) is 14.0 Å². The van der Waals surface area contributed by atoms with Gasteiger partial charge in [0.05, 0.1) is 6.42 Å². The van der Waals surface area contributed by atoms with Crippen LogP contribution in [0.3, 0.4) is 0 Å². The molecule has 2 N–H and O–H groups in total. The molecule has 16 heavy (non-hydrogen) atoms. The van der Waals surface area contributed by atoms with E-state index in [0.717, 1.165) is 0 Å². The number of rotatable bonds is 2. The lowest BCUT2D eigenvalue weighted by atomic mass is 10.2. The zero-order valence-electron chi connectivity index (χ0n) is 8.71. The third-order valence-electron chi connectivity index (χ3n) is 2.47. The summed E-state index contributed by atoms with van der Waals surface area (Å²) >= 11 is 0. The summed E-state index contributed by atoms with van der Waals surface area (Å²) in [5.41, 5.74) is 1.13. The maximum Gasteiger partial charge on any atom is 0.249 e. The van der Waals surface area contributed by atoms with Crippen LogP contribution < -0.4 is 10.6 Å². The van der Waals surface area contributed by atoms with Gasteiger partial charge < -0.3 is 5.32 Å². The van der Waals surface area contributed by atoms with E-state index in [1.54, 1.807) is 19.1 Å². The second-order valence-electron chi connectivity index (χ2n) is 3.78. The maximum absolute atomic E-state index is 13.0. The molecule has 1 aromatic carbocycles. The molecule has 0 bridgehead atoms. The Morgan fingerprint density at radius 2 is 2.19 bits per heavy atom. The molecule has 1 saturated heterocycles. The molecule has 84 valence electrons. The highest BCUT2D eigenvalue weighted by atomic mass is 19.1. The maximum atomic E-state index is 13.0. The summed E-state index contributed by atoms with van der Waals surface area (Å²) in [4.78, 5) is 22.2. The van der Waals surface area contributed by atoms with Crippen LogP contribution in [0.5, 0.6) is 0 Å². The van der Waals surface area contributed by atoms with E-state index in [4.69, 9.17) is 0 Å². The van der Waals surface area contributed by atoms with E-state index >= 15 is 0 Å². The normalized spacial score (nSPS) is 19.8. The minimum Gasteiger partial charge on any atom is -0.373 e. The largest absolute Gasteiger partial charge is 0.373 e. The van der Waals surface area contributed by atoms with Crippen LogP contribution in [-0.2, 0) is 9.59 Å². The molecule has 0 radical (unpaired) electrons. The number of amides is 2. The number of nitrogens with one attached hydrogen (secondary N) is 2. The fourth-order valence-electron chi connectivity index (χ4n) is 1.61. The number of carbonyl (C=O) groups excluding carboxylic acids is 2. The number of anilines is 1. The van der Waals surface area contributed by atoms with Crippen LogP contribution in [-0.4, -0.2) is 17.9 Å². The van der Waals surface area contributed by atoms with Gasteiger partial charge in [-0.2, -0.15) is 0 Å². The Bertz CT molecular complexity index is 459. The molecule has 1 unspecified atom stereocenters. The first-order valence-corrected chi connectivity index (χ1v) is 4.92. The third kappa shape index (κ3) is 2.03. The first-order chi connectivity index (χ1) is 7.56. The minimum atomic E-state index is -0.558. The topological polar surface area (TPSA) is 58.2 Å². The average Bonchev–Trinajstić information content (AvgIpc) is 2.51. The molecule has 2 amide bonds. The van der Waals surface area contributed by atoms with E-state index in [1.807, 2.05) is 0 Å². The highest BCUT2D eigenvalue weighted by Gasteiger charge is 2.30. The van der Waals surface area contributed by atoms with Crippen molar-refractivity contribution in [1.82, 2.24) is 5.32 Å². The number of imide groups is 1. The minimum absolute atomic E-state index is 0.120. The highest BCUT2D eigenvalue weighted by Crippen LogP contribution is 2.16. The van der Waals surface area contributed by atoms with Crippen LogP contribution in [0.1, 0.15) is 12.0 Å². The molecule has 0 aliphatic carbocycles. The Balaban J connectivity index is 2.12. The van der Waals surface area contributed by atoms with E-state index < -0.39 is 6.04 Å². The Morgan fingerprint density at radius 3 is 2.75 bits per heavy atom. The van der Waals surface area contributed by atoms with Crippen molar-refractivity contribution in [2.24, 2.45) is 0 Å². The molecule has 1 aliphatic heterocycles. The van der Waals surface area contributed by atoms with Crippen molar-refractivity contribution < 1.29 is 14.0 Å². The Morgan fingerprint density at radius 1 is 1.44 bits per heavy atom. The molecule has 5 heteroatoms. The average molecular weight is 222 g/mol. The number of carbonyl (C=O) groups is 2. The van der Waals surface area contributed by atoms with Gasteiger partial charge in [0.2, 0.25) is 11.8 Å². The smallest absolute Gasteiger partial charge is 0.249 e. The van der Waals surface area contributed by atoms with Crippen LogP contribution in [0.15, 0.2) is 18.2 Å². The van der Waals surface area contributed by atoms with Gasteiger partial charge in [-0.1, -0.05) is 0 Å². The SMILES string of the molecule is Cc1cc(NC2CC(=O)NC2=O)ccc1F. The van der Waals surface area contributed by atoms with Gasteiger partial charge in [-0.05, 0) is 30.7 Å². The van der Waals surface area contributed by atoms with Gasteiger partial charge in [0.1, 0.15) is 11.9 Å². The van der Waals surface area contributed by atoms with Gasteiger partial charge >= 0.3 is 0 Å². The molecule has 2 rings (SSSR count). The molecule has 1 atom stereocenters. The summed E-state index contributed by atoms with van der Waals surface area (Å²) in [5, 5.41) is 5.09. The van der Waals surface area contributed by atoms with E-state index in [1.165, 1.54) is 6.07 Å². The number of halogens is 1. The van der Waals surface area contributed by atoms with Crippen molar-refractivity contribution in [3.8, 4) is 0 Å². The van der Waals surface area contributed by atoms with Crippen molar-refractivity contribution >= 4 is 17.5 Å². The highest BCUT2D eigenvalue weighted by molar-refractivity contribution is 6.06. The van der Waals surface area contributed by atoms with Crippen molar-refractivity contribution in [3.63, 3.8) is 0 Å². The summed E-state index contributed by atoms with van der Waals surface area (Å²) in [6.45, 7) is 1.64. The number of hydrogen-bond donors (Lipinski definition) is 2. The summed E-state index contributed by atoms with van der Waals surface area (Å²) in [5.74, 6) is -0.925. The second kappa shape index (κ2) is 3.92. The van der Waals surface area contributed by atoms with Crippen molar-refractivity contribution in [1.29, 1.82) is 0 Å². The van der Waals surface area contributed by atoms with Crippen LogP contribution in [0, 0.1) is 12.7 Å². The van der Waals surface area contributed by atoms with Crippen molar-refractivity contribution in [2.75, 3.05) is 5.32 Å². The van der Waals surface area contributed by atoms with Crippen molar-refractivity contribution in [2.45, 2.75) is 19.4 Å². The van der Waals surface area contributed by atoms with Crippen LogP contribution in [0.4, 0.5) is 10.1 Å². The predicted molar refractivity (Wildman–Crippen MR) is 56.3 cm³/mol. The van der Waals surface area contributed by atoms with E-state index in [0.29, 0.717) is 11.3 Å². The van der Waals surface area contributed by atoms with Gasteiger partial charge in [-0.3, -0.25) is 14.9 Å². The lowest BCUT2D eigenvalue weighted by Crippen LogP contribution is -2.30. The van der Waals surface area contributed by atoms with Crippen LogP contribution in [0.2, 0.25) is 0 Å². The zero-order valence-corrected chi connectivity index (χ0v) is 8.71. The molecule has 0 spiro atoms. The van der Waals surface area contributed by atoms with Gasteiger partial charge in [0, 0.05) is 5.69 Å². The van der Waals surface area contributed by atoms with Crippen LogP contribution in [0.25, 0.3) is 0 Å². The fourth-order valence-corrected chi connectivity index (χ4v) is 1.61. The predicted octanol–water partition coefficient (Wildman–Crippen LogP) is 0.961. The number of benzene rings is 1. The summed E-state index contributed by atoms with van der Waals surface area (Å²) in [7, 11) is 0. The first-order valence-electron chi connectivity index (χ1n) is 4.92. The van der Waals surface area contributed by atoms with Gasteiger partial charge in [-0.15, -0.1) is 0 Å². The van der Waals surface area contributed by atoms with Gasteiger partial charge in [-0.25, -0.2) is 4.39 Å². The molecule has 1 heterocycles. The number of hydrogen-bond acceptors (Lipinski definition) is 3. The summed E-state index contributed by atoms with van der Waals surface area (Å²) in [6.07, 6.45) is 0.120. The molecule has 1 fully saturated rings. The fraction of sp³-hybridized carbons (Fsp3) is 0.273. The lowest BCUT2D eigenvalue weighted by molar-refractivity contribution is -0.124.